The van der Waals surface area contributed by atoms with Crippen LogP contribution in [-0.4, -0.2) is 7.11 Å². The quantitative estimate of drug-likeness (QED) is 0.313. The number of methoxy groups -OCH3 is 1. The molecule has 0 fully saturated rings. The van der Waals surface area contributed by atoms with Crippen LogP contribution in [0.4, 0.5) is 10.1 Å². The lowest BCUT2D eigenvalue weighted by Gasteiger charge is -2.16. The van der Waals surface area contributed by atoms with Gasteiger partial charge in [-0.05, 0) is 41.3 Å². The summed E-state index contributed by atoms with van der Waals surface area (Å²) in [6.45, 7) is 0.705. The number of anilines is 1. The van der Waals surface area contributed by atoms with Crippen LogP contribution in [0, 0.1) is 5.82 Å². The first-order chi connectivity index (χ1) is 15.0. The molecule has 0 saturated carbocycles. The maximum absolute atomic E-state index is 13.2. The zero-order chi connectivity index (χ0) is 21.8. The third-order valence-electron chi connectivity index (χ3n) is 4.95. The monoisotopic (exact) mass is 455 g/mol. The second-order valence-corrected chi connectivity index (χ2v) is 7.83. The third kappa shape index (κ3) is 4.87. The van der Waals surface area contributed by atoms with E-state index < -0.39 is 5.82 Å². The lowest BCUT2D eigenvalue weighted by molar-refractivity contribution is 0.284. The van der Waals surface area contributed by atoms with Crippen molar-refractivity contribution in [3.63, 3.8) is 0 Å². The molecule has 3 nitrogen and oxygen atoms in total. The number of hydrogen-bond acceptors (Lipinski definition) is 3. The summed E-state index contributed by atoms with van der Waals surface area (Å²) in [4.78, 5) is 0. The van der Waals surface area contributed by atoms with Crippen molar-refractivity contribution in [3.05, 3.63) is 99.8 Å². The van der Waals surface area contributed by atoms with E-state index in [0.29, 0.717) is 33.7 Å². The van der Waals surface area contributed by atoms with Crippen molar-refractivity contribution in [2.24, 2.45) is 0 Å². The van der Waals surface area contributed by atoms with E-state index in [-0.39, 0.29) is 6.61 Å². The molecule has 4 aromatic carbocycles. The minimum atomic E-state index is -0.396. The summed E-state index contributed by atoms with van der Waals surface area (Å²) in [6.07, 6.45) is 0. The highest BCUT2D eigenvalue weighted by molar-refractivity contribution is 6.32. The molecule has 0 radical (unpaired) electrons. The van der Waals surface area contributed by atoms with Gasteiger partial charge in [0, 0.05) is 23.2 Å². The van der Waals surface area contributed by atoms with Crippen molar-refractivity contribution in [2.45, 2.75) is 13.2 Å². The zero-order valence-electron chi connectivity index (χ0n) is 16.8. The van der Waals surface area contributed by atoms with Gasteiger partial charge in [-0.3, -0.25) is 0 Å². The molecule has 0 aromatic heterocycles. The van der Waals surface area contributed by atoms with Crippen LogP contribution in [-0.2, 0) is 13.2 Å². The topological polar surface area (TPSA) is 30.5 Å². The Morgan fingerprint density at radius 3 is 2.52 bits per heavy atom. The second-order valence-electron chi connectivity index (χ2n) is 7.01. The largest absolute Gasteiger partial charge is 0.493 e. The molecule has 0 spiro atoms. The average molecular weight is 456 g/mol. The smallest absolute Gasteiger partial charge is 0.180 e. The fraction of sp³-hybridized carbons (Fsp3) is 0.120. The van der Waals surface area contributed by atoms with Gasteiger partial charge in [-0.25, -0.2) is 4.39 Å². The van der Waals surface area contributed by atoms with Gasteiger partial charge >= 0.3 is 0 Å². The standard InChI is InChI=1S/C25H20Cl2FNO2/c1-30-24-12-16(14-29-23-8-4-6-17-5-2-3-7-20(17)23)11-22(27)25(24)31-15-18-9-10-19(28)13-21(18)26/h2-13,29H,14-15H2,1H3. The fourth-order valence-corrected chi connectivity index (χ4v) is 3.89. The highest BCUT2D eigenvalue weighted by Crippen LogP contribution is 2.37. The summed E-state index contributed by atoms with van der Waals surface area (Å²) in [6, 6.07) is 22.3. The first kappa shape index (κ1) is 21.3. The molecule has 0 aliphatic rings. The van der Waals surface area contributed by atoms with Crippen LogP contribution in [0.15, 0.2) is 72.8 Å². The van der Waals surface area contributed by atoms with Crippen molar-refractivity contribution in [1.82, 2.24) is 0 Å². The van der Waals surface area contributed by atoms with E-state index in [0.717, 1.165) is 16.6 Å². The SMILES string of the molecule is COc1cc(CNc2cccc3ccccc23)cc(Cl)c1OCc1ccc(F)cc1Cl. The molecule has 0 unspecified atom stereocenters. The number of ether oxygens (including phenoxy) is 2. The lowest BCUT2D eigenvalue weighted by Crippen LogP contribution is -2.03. The number of hydrogen-bond donors (Lipinski definition) is 1. The van der Waals surface area contributed by atoms with E-state index in [2.05, 4.69) is 23.5 Å². The summed E-state index contributed by atoms with van der Waals surface area (Å²) in [5.41, 5.74) is 2.64. The molecule has 6 heteroatoms. The predicted molar refractivity (Wildman–Crippen MR) is 125 cm³/mol. The molecule has 158 valence electrons. The predicted octanol–water partition coefficient (Wildman–Crippen LogP) is 7.49. The highest BCUT2D eigenvalue weighted by atomic mass is 35.5. The van der Waals surface area contributed by atoms with E-state index >= 15 is 0 Å². The molecule has 0 amide bonds. The van der Waals surface area contributed by atoms with Gasteiger partial charge in [-0.2, -0.15) is 0 Å². The molecule has 31 heavy (non-hydrogen) atoms. The van der Waals surface area contributed by atoms with Crippen molar-refractivity contribution in [1.29, 1.82) is 0 Å². The highest BCUT2D eigenvalue weighted by Gasteiger charge is 2.14. The molecule has 0 aliphatic heterocycles. The Balaban J connectivity index is 1.52. The number of fused-ring (bicyclic) bond motifs is 1. The first-order valence-corrected chi connectivity index (χ1v) is 10.5. The Morgan fingerprint density at radius 1 is 0.903 bits per heavy atom. The van der Waals surface area contributed by atoms with Crippen LogP contribution in [0.3, 0.4) is 0 Å². The van der Waals surface area contributed by atoms with Crippen molar-refractivity contribution in [2.75, 3.05) is 12.4 Å². The number of nitrogens with one attached hydrogen (secondary N) is 1. The van der Waals surface area contributed by atoms with Gasteiger partial charge in [-0.15, -0.1) is 0 Å². The summed E-state index contributed by atoms with van der Waals surface area (Å²) in [5.74, 6) is 0.534. The molecule has 0 saturated heterocycles. The molecule has 1 N–H and O–H groups in total. The van der Waals surface area contributed by atoms with Crippen LogP contribution in [0.1, 0.15) is 11.1 Å². The van der Waals surface area contributed by atoms with Crippen LogP contribution >= 0.6 is 23.2 Å². The summed E-state index contributed by atoms with van der Waals surface area (Å²) in [7, 11) is 1.56. The van der Waals surface area contributed by atoms with Gasteiger partial charge in [0.05, 0.1) is 17.2 Å². The van der Waals surface area contributed by atoms with Crippen LogP contribution in [0.2, 0.25) is 10.0 Å². The lowest BCUT2D eigenvalue weighted by atomic mass is 10.1. The normalized spacial score (nSPS) is 10.8. The average Bonchev–Trinajstić information content (AvgIpc) is 2.77. The van der Waals surface area contributed by atoms with Crippen molar-refractivity contribution >= 4 is 39.7 Å². The molecule has 0 bridgehead atoms. The molecule has 0 aliphatic carbocycles. The van der Waals surface area contributed by atoms with Crippen molar-refractivity contribution in [3.8, 4) is 11.5 Å². The van der Waals surface area contributed by atoms with Crippen LogP contribution < -0.4 is 14.8 Å². The summed E-state index contributed by atoms with van der Waals surface area (Å²) < 4.78 is 24.6. The summed E-state index contributed by atoms with van der Waals surface area (Å²) >= 11 is 12.6. The molecular weight excluding hydrogens is 436 g/mol. The zero-order valence-corrected chi connectivity index (χ0v) is 18.3. The van der Waals surface area contributed by atoms with Crippen molar-refractivity contribution < 1.29 is 13.9 Å². The minimum absolute atomic E-state index is 0.142. The molecule has 0 atom stereocenters. The van der Waals surface area contributed by atoms with E-state index in [9.17, 15) is 4.39 Å². The third-order valence-corrected chi connectivity index (χ3v) is 5.58. The van der Waals surface area contributed by atoms with E-state index in [1.165, 1.54) is 17.5 Å². The number of halogens is 3. The van der Waals surface area contributed by atoms with Gasteiger partial charge in [0.1, 0.15) is 12.4 Å². The van der Waals surface area contributed by atoms with Crippen LogP contribution in [0.25, 0.3) is 10.8 Å². The molecule has 4 aromatic rings. The summed E-state index contributed by atoms with van der Waals surface area (Å²) in [5, 5.41) is 6.51. The Hall–Kier alpha value is -2.95. The molecule has 0 heterocycles. The van der Waals surface area contributed by atoms with Crippen LogP contribution in [0.5, 0.6) is 11.5 Å². The number of benzene rings is 4. The Kier molecular flexibility index (Phi) is 6.50. The Labute approximate surface area is 190 Å². The van der Waals surface area contributed by atoms with Gasteiger partial charge in [0.2, 0.25) is 0 Å². The van der Waals surface area contributed by atoms with Gasteiger partial charge < -0.3 is 14.8 Å². The maximum atomic E-state index is 13.2. The fourth-order valence-electron chi connectivity index (χ4n) is 3.38. The first-order valence-electron chi connectivity index (χ1n) is 9.70. The Morgan fingerprint density at radius 2 is 1.71 bits per heavy atom. The van der Waals surface area contributed by atoms with Gasteiger partial charge in [-0.1, -0.05) is 65.7 Å². The maximum Gasteiger partial charge on any atom is 0.180 e. The minimum Gasteiger partial charge on any atom is -0.493 e. The second kappa shape index (κ2) is 9.46. The number of rotatable bonds is 7. The molecular formula is C25H20Cl2FNO2. The van der Waals surface area contributed by atoms with E-state index in [4.69, 9.17) is 32.7 Å². The van der Waals surface area contributed by atoms with Gasteiger partial charge in [0.15, 0.2) is 11.5 Å². The molecule has 4 rings (SSSR count). The Bertz CT molecular complexity index is 1220. The van der Waals surface area contributed by atoms with E-state index in [1.807, 2.05) is 36.4 Å². The van der Waals surface area contributed by atoms with E-state index in [1.54, 1.807) is 13.2 Å². The van der Waals surface area contributed by atoms with Gasteiger partial charge in [0.25, 0.3) is 0 Å².